The lowest BCUT2D eigenvalue weighted by molar-refractivity contribution is -0.116. The van der Waals surface area contributed by atoms with Gasteiger partial charge < -0.3 is 67.1 Å². The lowest BCUT2D eigenvalue weighted by Crippen LogP contribution is -2.35. The molecule has 754 valence electrons. The van der Waals surface area contributed by atoms with E-state index < -0.39 is 102 Å². The fourth-order valence-corrected chi connectivity index (χ4v) is 21.1. The molecule has 0 heterocycles. The largest absolute Gasteiger partial charge is 0.507 e. The number of halogens is 3. The maximum atomic E-state index is 13.2. The van der Waals surface area contributed by atoms with Gasteiger partial charge in [0.25, 0.3) is 17.7 Å². The Kier molecular flexibility index (Phi) is 38.4. The highest BCUT2D eigenvalue weighted by Crippen LogP contribution is 2.42. The molecule has 0 saturated heterocycles. The molecule has 0 saturated carbocycles. The van der Waals surface area contributed by atoms with E-state index in [-0.39, 0.29) is 140 Å². The number of carbonyl (C=O) groups excluding carboxylic acids is 8. The third-order valence-electron chi connectivity index (χ3n) is 22.9. The third kappa shape index (κ3) is 29.4. The summed E-state index contributed by atoms with van der Waals surface area (Å²) in [5.74, 6) is -4.79. The Hall–Kier alpha value is -13.9. The average molecular weight is 2080 g/mol. The van der Waals surface area contributed by atoms with Crippen LogP contribution in [-0.4, -0.2) is 129 Å². The Morgan fingerprint density at radius 2 is 0.664 bits per heavy atom. The molecule has 12 aromatic rings. The van der Waals surface area contributed by atoms with Crippen molar-refractivity contribution in [1.29, 1.82) is 0 Å². The lowest BCUT2D eigenvalue weighted by atomic mass is 9.87. The van der Waals surface area contributed by atoms with Crippen molar-refractivity contribution >= 4 is 162 Å². The number of hydrogen-bond donors (Lipinski definition) is 11. The van der Waals surface area contributed by atoms with Gasteiger partial charge in [-0.15, -0.1) is 0 Å². The summed E-state index contributed by atoms with van der Waals surface area (Å²) in [6.45, 7) is 30.9. The van der Waals surface area contributed by atoms with E-state index >= 15 is 0 Å². The first-order valence-corrected chi connectivity index (χ1v) is 52.5. The topological polar surface area (TPSA) is 457 Å². The van der Waals surface area contributed by atoms with Gasteiger partial charge in [0.1, 0.15) is 55.5 Å². The van der Waals surface area contributed by atoms with Gasteiger partial charge in [-0.05, 0) is 262 Å². The van der Waals surface area contributed by atoms with E-state index in [0.29, 0.717) is 34.5 Å². The van der Waals surface area contributed by atoms with Crippen LogP contribution in [0.3, 0.4) is 0 Å². The van der Waals surface area contributed by atoms with Crippen molar-refractivity contribution < 1.29 is 102 Å². The van der Waals surface area contributed by atoms with Crippen LogP contribution in [0.25, 0.3) is 0 Å². The SMILES string of the molecule is CCC(C(=O)Nc1cc(O)c(NC(=O)c2ccc(C)cc2)cc1Cl)S(=O)(=O)c1cc(C)cc(C)c1.CCC(C(=O)Nc1cc(O)c(NC(=O)c2ccc(C)cc2)cc1Cl)S(=O)(=O)c1ccc(C(C)(C)C)cc1.CCC(C)Oc1ccc(Oc2cc(C=O)c(O)cc2NC(=O)C(CC)S(=O)(=O)c2ccc(C)cc2)cc1.Cc1ccc(C(=O)Nc2cc(Cl)c(NC(=O)C(C)S(=O)(=O)c3ccc(C)c(C)c3)cc2O)cc1. The fraction of sp³-hybridized carbons (Fsp3) is 0.252. The van der Waals surface area contributed by atoms with E-state index in [1.165, 1.54) is 91.9 Å². The Labute approximate surface area is 848 Å². The molecule has 0 aliphatic rings. The van der Waals surface area contributed by atoms with Crippen molar-refractivity contribution in [2.45, 2.75) is 195 Å². The predicted octanol–water partition coefficient (Wildman–Crippen LogP) is 22.2. The minimum atomic E-state index is -3.99. The molecule has 7 amide bonds. The van der Waals surface area contributed by atoms with E-state index in [4.69, 9.17) is 44.3 Å². The van der Waals surface area contributed by atoms with E-state index in [9.17, 15) is 92.5 Å². The van der Waals surface area contributed by atoms with Gasteiger partial charge >= 0.3 is 0 Å². The average Bonchev–Trinajstić information content (AvgIpc) is 0.799. The first-order valence-electron chi connectivity index (χ1n) is 45.1. The molecule has 12 aromatic carbocycles. The van der Waals surface area contributed by atoms with Gasteiger partial charge in [0.05, 0.1) is 86.1 Å². The summed E-state index contributed by atoms with van der Waals surface area (Å²) in [6.07, 6.45) is 1.44. The number of aryl methyl sites for hydroxylation is 8. The van der Waals surface area contributed by atoms with Gasteiger partial charge in [0, 0.05) is 41.0 Å². The summed E-state index contributed by atoms with van der Waals surface area (Å²) in [6, 6.07) is 59.5. The molecule has 0 aliphatic heterocycles. The first-order chi connectivity index (χ1) is 67.1. The monoisotopic (exact) mass is 2080 g/mol. The summed E-state index contributed by atoms with van der Waals surface area (Å²) >= 11 is 18.8. The summed E-state index contributed by atoms with van der Waals surface area (Å²) in [5.41, 5.74) is 9.34. The number of carbonyl (C=O) groups is 8. The van der Waals surface area contributed by atoms with Crippen LogP contribution in [0.5, 0.6) is 40.2 Å². The van der Waals surface area contributed by atoms with Crippen molar-refractivity contribution in [2.75, 3.05) is 37.2 Å². The van der Waals surface area contributed by atoms with Crippen LogP contribution in [0.15, 0.2) is 250 Å². The Balaban J connectivity index is 0.000000213. The highest BCUT2D eigenvalue weighted by atomic mass is 35.5. The second-order valence-electron chi connectivity index (χ2n) is 35.1. The number of amides is 7. The minimum Gasteiger partial charge on any atom is -0.507 e. The molecule has 11 N–H and O–H groups in total. The zero-order valence-corrected chi connectivity index (χ0v) is 87.2. The van der Waals surface area contributed by atoms with Crippen molar-refractivity contribution in [2.24, 2.45) is 0 Å². The van der Waals surface area contributed by atoms with Crippen molar-refractivity contribution in [3.05, 3.63) is 318 Å². The summed E-state index contributed by atoms with van der Waals surface area (Å²) in [4.78, 5) is 101. The molecule has 0 radical (unpaired) electrons. The second kappa shape index (κ2) is 48.7. The first kappa shape index (κ1) is 113. The zero-order valence-electron chi connectivity index (χ0n) is 81.6. The highest BCUT2D eigenvalue weighted by molar-refractivity contribution is 7.93. The fourth-order valence-electron chi connectivity index (χ4n) is 14.1. The number of hydrogen-bond acceptors (Lipinski definition) is 22. The van der Waals surface area contributed by atoms with Gasteiger partial charge in [-0.25, -0.2) is 33.7 Å². The van der Waals surface area contributed by atoms with E-state index in [1.54, 1.807) is 169 Å². The Morgan fingerprint density at radius 1 is 0.336 bits per heavy atom. The normalized spacial score (nSPS) is 12.4. The maximum Gasteiger partial charge on any atom is 0.255 e. The van der Waals surface area contributed by atoms with Gasteiger partial charge in [0.15, 0.2) is 51.4 Å². The van der Waals surface area contributed by atoms with Crippen molar-refractivity contribution in [3.63, 3.8) is 0 Å². The molecule has 5 atom stereocenters. The molecule has 0 fully saturated rings. The van der Waals surface area contributed by atoms with Crippen LogP contribution in [0.4, 0.5) is 39.8 Å². The van der Waals surface area contributed by atoms with E-state index in [2.05, 4.69) is 37.2 Å². The molecule has 29 nitrogen and oxygen atoms in total. The minimum absolute atomic E-state index is 0.0136. The van der Waals surface area contributed by atoms with Crippen LogP contribution in [0.1, 0.15) is 179 Å². The van der Waals surface area contributed by atoms with Crippen LogP contribution in [0, 0.1) is 55.4 Å². The molecule has 12 rings (SSSR count). The number of ether oxygens (including phenoxy) is 2. The number of aldehydes is 1. The number of sulfone groups is 4. The summed E-state index contributed by atoms with van der Waals surface area (Å²) in [5, 5.41) is 53.7. The van der Waals surface area contributed by atoms with Gasteiger partial charge in [0.2, 0.25) is 23.6 Å². The highest BCUT2D eigenvalue weighted by Gasteiger charge is 2.38. The smallest absolute Gasteiger partial charge is 0.255 e. The lowest BCUT2D eigenvalue weighted by Gasteiger charge is -2.20. The molecular weight excluding hydrogens is 1970 g/mol. The molecule has 0 aliphatic carbocycles. The molecule has 0 aromatic heterocycles. The number of benzene rings is 12. The van der Waals surface area contributed by atoms with E-state index in [0.717, 1.165) is 68.6 Å². The van der Waals surface area contributed by atoms with Gasteiger partial charge in [-0.2, -0.15) is 0 Å². The van der Waals surface area contributed by atoms with Crippen LogP contribution in [0.2, 0.25) is 15.1 Å². The zero-order chi connectivity index (χ0) is 106. The summed E-state index contributed by atoms with van der Waals surface area (Å²) in [7, 11) is -15.9. The quantitative estimate of drug-likeness (QED) is 0.0142. The molecule has 36 heteroatoms. The van der Waals surface area contributed by atoms with Crippen LogP contribution in [-0.2, 0) is 63.9 Å². The maximum absolute atomic E-state index is 13.2. The predicted molar refractivity (Wildman–Crippen MR) is 560 cm³/mol. The van der Waals surface area contributed by atoms with Crippen molar-refractivity contribution in [3.8, 4) is 40.2 Å². The number of phenols is 4. The van der Waals surface area contributed by atoms with Gasteiger partial charge in [-0.3, -0.25) is 38.4 Å². The van der Waals surface area contributed by atoms with Gasteiger partial charge in [-0.1, -0.05) is 178 Å². The standard InChI is InChI=1S/C28H31ClN2O5S.C28H31NO7S.C26H27ClN2O5S.C25H25ClN2O5S/c1-6-25(37(35,36)20-13-11-19(12-14-20)28(3,4)5)27(34)30-22-16-24(32)23(15-21(22)29)31-26(33)18-9-7-17(2)8-10-18;1-5-19(4)35-21-9-11-22(12-10-21)36-26-15-20(17-30)25(31)16-24(26)29-28(32)27(6-2)37(33,34)23-13-7-18(3)8-14-23;1-5-24(35(33,34)19-11-16(3)10-17(4)12-19)26(32)28-21-14-23(30)22(13-20(21)27)29-25(31)18-8-6-15(2)7-9-18;1-14-5-8-18(9-6-14)25(31)28-22-12-20(26)21(13-23(22)29)27-24(30)17(4)34(32,33)19-10-7-15(2)16(3)11-19/h7-16,25,32H,6H2,1-5H3,(H,30,34)(H,31,33);7-17,19,27,31H,5-6H2,1-4H3,(H,29,32);6-14,24,30H,5H2,1-4H3,(H,28,32)(H,29,31);5-13,17,29H,1-4H3,(H,27,30)(H,28,31). The van der Waals surface area contributed by atoms with Crippen LogP contribution >= 0.6 is 34.8 Å². The molecule has 0 bridgehead atoms. The number of aromatic hydroxyl groups is 4. The molecule has 5 unspecified atom stereocenters. The molecule has 143 heavy (non-hydrogen) atoms. The number of phenolic OH excluding ortho intramolecular Hbond substituents is 4. The second-order valence-corrected chi connectivity index (χ2v) is 45.0. The van der Waals surface area contributed by atoms with E-state index in [1.807, 2.05) is 75.3 Å². The summed E-state index contributed by atoms with van der Waals surface area (Å²) < 4.78 is 117. The number of anilines is 7. The molecule has 0 spiro atoms. The Bertz CT molecular complexity index is 7220. The number of rotatable bonds is 31. The van der Waals surface area contributed by atoms with Crippen molar-refractivity contribution in [1.82, 2.24) is 0 Å². The third-order valence-corrected chi connectivity index (χ3v) is 32.5. The molecular formula is C107H114Cl3N7O22S4. The Morgan fingerprint density at radius 3 is 1.01 bits per heavy atom. The number of nitrogens with one attached hydrogen (secondary N) is 7. The van der Waals surface area contributed by atoms with Crippen LogP contribution < -0.4 is 46.7 Å².